The summed E-state index contributed by atoms with van der Waals surface area (Å²) in [6, 6.07) is 6.00. The van der Waals surface area contributed by atoms with Crippen molar-refractivity contribution in [3.05, 3.63) is 41.7 Å². The van der Waals surface area contributed by atoms with Crippen molar-refractivity contribution >= 4 is 5.96 Å². The van der Waals surface area contributed by atoms with Gasteiger partial charge in [-0.1, -0.05) is 6.07 Å². The summed E-state index contributed by atoms with van der Waals surface area (Å²) in [4.78, 5) is 4.64. The van der Waals surface area contributed by atoms with E-state index in [0.29, 0.717) is 0 Å². The van der Waals surface area contributed by atoms with E-state index >= 15 is 0 Å². The zero-order chi connectivity index (χ0) is 19.5. The number of nitrogens with zero attached hydrogens (tertiary/aromatic N) is 3. The maximum atomic E-state index is 5.36. The predicted octanol–water partition coefficient (Wildman–Crippen LogP) is 2.40. The zero-order valence-electron chi connectivity index (χ0n) is 16.8. The van der Waals surface area contributed by atoms with Crippen LogP contribution < -0.4 is 20.1 Å². The normalized spacial score (nSPS) is 11.3. The molecular weight excluding hydrogens is 342 g/mol. The molecule has 2 N–H and O–H groups in total. The molecule has 0 saturated carbocycles. The third kappa shape index (κ3) is 6.84. The van der Waals surface area contributed by atoms with Crippen LogP contribution >= 0.6 is 0 Å². The number of hydrogen-bond acceptors (Lipinski definition) is 4. The van der Waals surface area contributed by atoms with Crippen LogP contribution in [0.5, 0.6) is 11.5 Å². The van der Waals surface area contributed by atoms with E-state index in [9.17, 15) is 0 Å². The van der Waals surface area contributed by atoms with Gasteiger partial charge in [0, 0.05) is 32.4 Å². The molecule has 0 atom stereocenters. The molecule has 7 heteroatoms. The fourth-order valence-electron chi connectivity index (χ4n) is 2.72. The fourth-order valence-corrected chi connectivity index (χ4v) is 2.72. The lowest BCUT2D eigenvalue weighted by atomic mass is 10.1. The molecule has 2 rings (SSSR count). The number of benzene rings is 1. The van der Waals surface area contributed by atoms with Crippen LogP contribution in [0.15, 0.2) is 35.6 Å². The Kier molecular flexibility index (Phi) is 8.48. The number of guanidine groups is 1. The minimum Gasteiger partial charge on any atom is -0.493 e. The van der Waals surface area contributed by atoms with E-state index in [1.165, 1.54) is 11.1 Å². The Bertz CT molecular complexity index is 727. The number of nitrogens with one attached hydrogen (secondary N) is 2. The van der Waals surface area contributed by atoms with Gasteiger partial charge in [0.15, 0.2) is 17.5 Å². The minimum absolute atomic E-state index is 0.747. The highest BCUT2D eigenvalue weighted by Crippen LogP contribution is 2.27. The Balaban J connectivity index is 1.79. The molecule has 0 spiro atoms. The highest BCUT2D eigenvalue weighted by Gasteiger charge is 2.05. The van der Waals surface area contributed by atoms with Crippen molar-refractivity contribution < 1.29 is 9.47 Å². The number of hydrogen-bond donors (Lipinski definition) is 2. The van der Waals surface area contributed by atoms with Crippen LogP contribution in [-0.4, -0.2) is 49.6 Å². The van der Waals surface area contributed by atoms with E-state index in [1.807, 2.05) is 29.9 Å². The van der Waals surface area contributed by atoms with Crippen molar-refractivity contribution in [3.63, 3.8) is 0 Å². The minimum atomic E-state index is 0.747. The average Bonchev–Trinajstić information content (AvgIpc) is 3.10. The Morgan fingerprint density at radius 2 is 2.00 bits per heavy atom. The molecule has 0 radical (unpaired) electrons. The second kappa shape index (κ2) is 11.1. The van der Waals surface area contributed by atoms with Gasteiger partial charge < -0.3 is 20.1 Å². The van der Waals surface area contributed by atoms with Crippen LogP contribution in [0.1, 0.15) is 24.5 Å². The first-order valence-corrected chi connectivity index (χ1v) is 9.38. The zero-order valence-corrected chi connectivity index (χ0v) is 16.8. The van der Waals surface area contributed by atoms with E-state index in [-0.39, 0.29) is 0 Å². The third-order valence-electron chi connectivity index (χ3n) is 4.08. The standard InChI is InChI=1S/C20H31N5O2/c1-5-21-20(22-10-6-12-25-15-16(2)14-24-25)23-11-9-17-7-8-18(26-3)19(13-17)27-4/h7-8,13-15H,5-6,9-12H2,1-4H3,(H2,21,22,23). The summed E-state index contributed by atoms with van der Waals surface area (Å²) in [5.74, 6) is 2.34. The van der Waals surface area contributed by atoms with Crippen LogP contribution in [0.3, 0.4) is 0 Å². The summed E-state index contributed by atoms with van der Waals surface area (Å²) in [5, 5.41) is 11.0. The van der Waals surface area contributed by atoms with Gasteiger partial charge in [-0.2, -0.15) is 5.10 Å². The first kappa shape index (κ1) is 20.6. The van der Waals surface area contributed by atoms with E-state index in [1.54, 1.807) is 14.2 Å². The van der Waals surface area contributed by atoms with Gasteiger partial charge in [0.05, 0.1) is 20.4 Å². The Morgan fingerprint density at radius 1 is 1.19 bits per heavy atom. The lowest BCUT2D eigenvalue weighted by Crippen LogP contribution is -2.38. The molecule has 2 aromatic rings. The van der Waals surface area contributed by atoms with Gasteiger partial charge in [-0.05, 0) is 49.9 Å². The summed E-state index contributed by atoms with van der Waals surface area (Å²) < 4.78 is 12.6. The van der Waals surface area contributed by atoms with Crippen molar-refractivity contribution in [2.45, 2.75) is 33.2 Å². The van der Waals surface area contributed by atoms with E-state index in [2.05, 4.69) is 39.9 Å². The van der Waals surface area contributed by atoms with Crippen molar-refractivity contribution in [3.8, 4) is 11.5 Å². The molecule has 0 aliphatic carbocycles. The van der Waals surface area contributed by atoms with E-state index < -0.39 is 0 Å². The van der Waals surface area contributed by atoms with Crippen LogP contribution in [-0.2, 0) is 13.0 Å². The van der Waals surface area contributed by atoms with Gasteiger partial charge in [-0.15, -0.1) is 0 Å². The Hall–Kier alpha value is -2.70. The summed E-state index contributed by atoms with van der Waals surface area (Å²) in [6.07, 6.45) is 5.75. The first-order valence-electron chi connectivity index (χ1n) is 9.38. The van der Waals surface area contributed by atoms with Gasteiger partial charge in [0.25, 0.3) is 0 Å². The van der Waals surface area contributed by atoms with Gasteiger partial charge in [-0.3, -0.25) is 9.67 Å². The molecule has 0 bridgehead atoms. The molecule has 0 fully saturated rings. The molecule has 0 aliphatic rings. The van der Waals surface area contributed by atoms with Crippen LogP contribution in [0.2, 0.25) is 0 Å². The quantitative estimate of drug-likeness (QED) is 0.380. The third-order valence-corrected chi connectivity index (χ3v) is 4.08. The topological polar surface area (TPSA) is 72.7 Å². The molecule has 0 aliphatic heterocycles. The number of methoxy groups -OCH3 is 2. The molecule has 0 unspecified atom stereocenters. The highest BCUT2D eigenvalue weighted by molar-refractivity contribution is 5.79. The van der Waals surface area contributed by atoms with Gasteiger partial charge in [0.2, 0.25) is 0 Å². The van der Waals surface area contributed by atoms with Crippen LogP contribution in [0.25, 0.3) is 0 Å². The molecule has 7 nitrogen and oxygen atoms in total. The molecular formula is C20H31N5O2. The maximum absolute atomic E-state index is 5.36. The second-order valence-corrected chi connectivity index (χ2v) is 6.26. The maximum Gasteiger partial charge on any atom is 0.191 e. The second-order valence-electron chi connectivity index (χ2n) is 6.26. The lowest BCUT2D eigenvalue weighted by molar-refractivity contribution is 0.354. The number of ether oxygens (including phenoxy) is 2. The lowest BCUT2D eigenvalue weighted by Gasteiger charge is -2.12. The number of aryl methyl sites for hydroxylation is 2. The molecule has 0 amide bonds. The molecule has 1 aromatic heterocycles. The SMILES string of the molecule is CCNC(=NCCCn1cc(C)cn1)NCCc1ccc(OC)c(OC)c1. The van der Waals surface area contributed by atoms with Crippen LogP contribution in [0.4, 0.5) is 0 Å². The van der Waals surface area contributed by atoms with Crippen molar-refractivity contribution in [2.24, 2.45) is 4.99 Å². The van der Waals surface area contributed by atoms with Crippen molar-refractivity contribution in [1.82, 2.24) is 20.4 Å². The monoisotopic (exact) mass is 373 g/mol. The molecule has 0 saturated heterocycles. The molecule has 1 heterocycles. The van der Waals surface area contributed by atoms with Gasteiger partial charge >= 0.3 is 0 Å². The van der Waals surface area contributed by atoms with Crippen LogP contribution in [0, 0.1) is 6.92 Å². The summed E-state index contributed by atoms with van der Waals surface area (Å²) in [7, 11) is 3.30. The molecule has 148 valence electrons. The number of rotatable bonds is 10. The number of aliphatic imine (C=N–C) groups is 1. The van der Waals surface area contributed by atoms with Gasteiger partial charge in [0.1, 0.15) is 0 Å². The predicted molar refractivity (Wildman–Crippen MR) is 109 cm³/mol. The molecule has 1 aromatic carbocycles. The fraction of sp³-hybridized carbons (Fsp3) is 0.500. The van der Waals surface area contributed by atoms with Crippen molar-refractivity contribution in [1.29, 1.82) is 0 Å². The van der Waals surface area contributed by atoms with E-state index in [0.717, 1.165) is 56.5 Å². The Labute approximate surface area is 161 Å². The summed E-state index contributed by atoms with van der Waals surface area (Å²) in [5.41, 5.74) is 2.37. The molecule has 27 heavy (non-hydrogen) atoms. The largest absolute Gasteiger partial charge is 0.493 e. The average molecular weight is 374 g/mol. The Morgan fingerprint density at radius 3 is 2.67 bits per heavy atom. The summed E-state index contributed by atoms with van der Waals surface area (Å²) in [6.45, 7) is 7.37. The van der Waals surface area contributed by atoms with Gasteiger partial charge in [-0.25, -0.2) is 0 Å². The first-order chi connectivity index (χ1) is 13.2. The number of aromatic nitrogens is 2. The summed E-state index contributed by atoms with van der Waals surface area (Å²) >= 11 is 0. The highest BCUT2D eigenvalue weighted by atomic mass is 16.5. The van der Waals surface area contributed by atoms with Crippen molar-refractivity contribution in [2.75, 3.05) is 33.9 Å². The van der Waals surface area contributed by atoms with E-state index in [4.69, 9.17) is 9.47 Å². The smallest absolute Gasteiger partial charge is 0.191 e.